The molecule has 1 heterocycles. The van der Waals surface area contributed by atoms with Gasteiger partial charge in [-0.15, -0.1) is 5.10 Å². The van der Waals surface area contributed by atoms with Crippen molar-refractivity contribution in [2.24, 2.45) is 7.05 Å². The van der Waals surface area contributed by atoms with Crippen molar-refractivity contribution in [2.45, 2.75) is 12.1 Å². The third kappa shape index (κ3) is 3.58. The molecule has 1 rings (SSSR count). The first-order valence-corrected chi connectivity index (χ1v) is 5.71. The van der Waals surface area contributed by atoms with Crippen LogP contribution in [0.2, 0.25) is 0 Å². The van der Waals surface area contributed by atoms with Crippen LogP contribution in [0.3, 0.4) is 0 Å². The molecular weight excluding hydrogens is 230 g/mol. The number of carbonyl (C=O) groups is 1. The SMILES string of the molecule is CCOC(=O)/C=C/CSc1n[nH]c(=O)n1C. The van der Waals surface area contributed by atoms with E-state index in [4.69, 9.17) is 4.74 Å². The zero-order valence-corrected chi connectivity index (χ0v) is 9.91. The second kappa shape index (κ2) is 6.16. The third-order valence-corrected chi connectivity index (χ3v) is 2.67. The quantitative estimate of drug-likeness (QED) is 0.458. The van der Waals surface area contributed by atoms with Crippen molar-refractivity contribution in [1.29, 1.82) is 0 Å². The number of hydrogen-bond donors (Lipinski definition) is 1. The number of hydrogen-bond acceptors (Lipinski definition) is 5. The van der Waals surface area contributed by atoms with Gasteiger partial charge in [0, 0.05) is 18.9 Å². The van der Waals surface area contributed by atoms with Gasteiger partial charge in [0.25, 0.3) is 0 Å². The Morgan fingerprint density at radius 1 is 1.69 bits per heavy atom. The molecule has 0 unspecified atom stereocenters. The Balaban J connectivity index is 2.39. The van der Waals surface area contributed by atoms with Gasteiger partial charge in [-0.25, -0.2) is 14.7 Å². The summed E-state index contributed by atoms with van der Waals surface area (Å²) in [6.45, 7) is 2.12. The van der Waals surface area contributed by atoms with Gasteiger partial charge in [-0.2, -0.15) is 0 Å². The van der Waals surface area contributed by atoms with Crippen LogP contribution in [-0.4, -0.2) is 33.1 Å². The number of aromatic nitrogens is 3. The molecule has 0 atom stereocenters. The molecule has 0 aliphatic carbocycles. The van der Waals surface area contributed by atoms with Crippen molar-refractivity contribution in [3.8, 4) is 0 Å². The summed E-state index contributed by atoms with van der Waals surface area (Å²) in [4.78, 5) is 21.9. The Hall–Kier alpha value is -1.50. The molecule has 16 heavy (non-hydrogen) atoms. The van der Waals surface area contributed by atoms with Crippen LogP contribution in [-0.2, 0) is 16.6 Å². The fourth-order valence-electron chi connectivity index (χ4n) is 0.919. The van der Waals surface area contributed by atoms with Crippen molar-refractivity contribution in [3.63, 3.8) is 0 Å². The Kier molecular flexibility index (Phi) is 4.84. The van der Waals surface area contributed by atoms with Crippen LogP contribution in [0.25, 0.3) is 0 Å². The monoisotopic (exact) mass is 243 g/mol. The Bertz CT molecular complexity index is 435. The van der Waals surface area contributed by atoms with Crippen molar-refractivity contribution in [1.82, 2.24) is 14.8 Å². The number of H-pyrrole nitrogens is 1. The van der Waals surface area contributed by atoms with Gasteiger partial charge in [0.05, 0.1) is 6.61 Å². The van der Waals surface area contributed by atoms with E-state index in [9.17, 15) is 9.59 Å². The Labute approximate surface area is 96.7 Å². The lowest BCUT2D eigenvalue weighted by molar-refractivity contribution is -0.137. The lowest BCUT2D eigenvalue weighted by atomic mass is 10.5. The highest BCUT2D eigenvalue weighted by Gasteiger charge is 2.02. The van der Waals surface area contributed by atoms with E-state index in [2.05, 4.69) is 10.2 Å². The zero-order chi connectivity index (χ0) is 12.0. The number of ether oxygens (including phenoxy) is 1. The summed E-state index contributed by atoms with van der Waals surface area (Å²) in [5, 5.41) is 6.72. The number of rotatable bonds is 5. The Morgan fingerprint density at radius 2 is 2.44 bits per heavy atom. The average molecular weight is 243 g/mol. The van der Waals surface area contributed by atoms with Gasteiger partial charge in [0.2, 0.25) is 0 Å². The summed E-state index contributed by atoms with van der Waals surface area (Å²) in [5.41, 5.74) is -0.253. The van der Waals surface area contributed by atoms with Gasteiger partial charge in [-0.3, -0.25) is 4.57 Å². The number of thioether (sulfide) groups is 1. The standard InChI is InChI=1S/C9H13N3O3S/c1-3-15-7(13)5-4-6-16-9-11-10-8(14)12(9)2/h4-5H,3,6H2,1-2H3,(H,10,14)/b5-4+. The van der Waals surface area contributed by atoms with Crippen molar-refractivity contribution in [3.05, 3.63) is 22.6 Å². The predicted octanol–water partition coefficient (Wildman–Crippen LogP) is 0.320. The minimum absolute atomic E-state index is 0.253. The molecule has 0 amide bonds. The molecule has 0 saturated carbocycles. The number of nitrogens with one attached hydrogen (secondary N) is 1. The normalized spacial score (nSPS) is 10.9. The summed E-state index contributed by atoms with van der Waals surface area (Å²) in [5.74, 6) is 0.191. The highest BCUT2D eigenvalue weighted by atomic mass is 32.2. The Morgan fingerprint density at radius 3 is 3.00 bits per heavy atom. The van der Waals surface area contributed by atoms with Crippen LogP contribution in [0.1, 0.15) is 6.92 Å². The van der Waals surface area contributed by atoms with Gasteiger partial charge < -0.3 is 4.74 Å². The first kappa shape index (κ1) is 12.6. The molecule has 0 fully saturated rings. The number of nitrogens with zero attached hydrogens (tertiary/aromatic N) is 2. The van der Waals surface area contributed by atoms with E-state index in [-0.39, 0.29) is 11.7 Å². The molecule has 7 heteroatoms. The first-order chi connectivity index (χ1) is 7.65. The van der Waals surface area contributed by atoms with Crippen LogP contribution in [0.5, 0.6) is 0 Å². The molecule has 0 spiro atoms. The molecular formula is C9H13N3O3S. The van der Waals surface area contributed by atoms with Crippen LogP contribution in [0.15, 0.2) is 22.1 Å². The number of aromatic amines is 1. The van der Waals surface area contributed by atoms with Crippen molar-refractivity contribution < 1.29 is 9.53 Å². The maximum absolute atomic E-state index is 11.0. The average Bonchev–Trinajstić information content (AvgIpc) is 2.56. The fraction of sp³-hybridized carbons (Fsp3) is 0.444. The van der Waals surface area contributed by atoms with E-state index in [0.717, 1.165) is 0 Å². The molecule has 0 aliphatic heterocycles. The van der Waals surface area contributed by atoms with Gasteiger partial charge in [-0.05, 0) is 6.92 Å². The van der Waals surface area contributed by atoms with Crippen LogP contribution in [0, 0.1) is 0 Å². The van der Waals surface area contributed by atoms with E-state index in [0.29, 0.717) is 17.5 Å². The summed E-state index contributed by atoms with van der Waals surface area (Å²) in [7, 11) is 1.63. The lowest BCUT2D eigenvalue weighted by Crippen LogP contribution is -2.12. The topological polar surface area (TPSA) is 77.0 Å². The maximum Gasteiger partial charge on any atom is 0.343 e. The molecule has 0 radical (unpaired) electrons. The van der Waals surface area contributed by atoms with Gasteiger partial charge >= 0.3 is 11.7 Å². The predicted molar refractivity (Wildman–Crippen MR) is 60.3 cm³/mol. The summed E-state index contributed by atoms with van der Waals surface area (Å²) in [6, 6.07) is 0. The minimum Gasteiger partial charge on any atom is -0.463 e. The molecule has 0 bridgehead atoms. The molecule has 0 aliphatic rings. The number of carbonyl (C=O) groups excluding carboxylic acids is 1. The lowest BCUT2D eigenvalue weighted by Gasteiger charge is -1.96. The highest BCUT2D eigenvalue weighted by molar-refractivity contribution is 7.99. The molecule has 0 aromatic carbocycles. The van der Waals surface area contributed by atoms with Gasteiger partial charge in [0.1, 0.15) is 0 Å². The van der Waals surface area contributed by atoms with E-state index < -0.39 is 0 Å². The molecule has 88 valence electrons. The van der Waals surface area contributed by atoms with E-state index in [1.165, 1.54) is 22.4 Å². The van der Waals surface area contributed by atoms with E-state index in [1.54, 1.807) is 20.0 Å². The third-order valence-electron chi connectivity index (χ3n) is 1.69. The van der Waals surface area contributed by atoms with Crippen molar-refractivity contribution in [2.75, 3.05) is 12.4 Å². The smallest absolute Gasteiger partial charge is 0.343 e. The van der Waals surface area contributed by atoms with Crippen LogP contribution < -0.4 is 5.69 Å². The van der Waals surface area contributed by atoms with E-state index in [1.807, 2.05) is 0 Å². The minimum atomic E-state index is -0.362. The van der Waals surface area contributed by atoms with Gasteiger partial charge in [0.15, 0.2) is 5.16 Å². The molecule has 1 aromatic rings. The molecule has 0 saturated heterocycles. The van der Waals surface area contributed by atoms with Gasteiger partial charge in [-0.1, -0.05) is 17.8 Å². The summed E-state index contributed by atoms with van der Waals surface area (Å²) in [6.07, 6.45) is 3.03. The summed E-state index contributed by atoms with van der Waals surface area (Å²) >= 11 is 1.35. The zero-order valence-electron chi connectivity index (χ0n) is 9.10. The molecule has 1 aromatic heterocycles. The highest BCUT2D eigenvalue weighted by Crippen LogP contribution is 2.11. The van der Waals surface area contributed by atoms with Crippen LogP contribution >= 0.6 is 11.8 Å². The molecule has 6 nitrogen and oxygen atoms in total. The number of esters is 1. The van der Waals surface area contributed by atoms with E-state index >= 15 is 0 Å². The largest absolute Gasteiger partial charge is 0.463 e. The second-order valence-corrected chi connectivity index (χ2v) is 3.82. The van der Waals surface area contributed by atoms with Crippen LogP contribution in [0.4, 0.5) is 0 Å². The van der Waals surface area contributed by atoms with Crippen molar-refractivity contribution >= 4 is 17.7 Å². The first-order valence-electron chi connectivity index (χ1n) is 4.72. The molecule has 1 N–H and O–H groups in total. The second-order valence-electron chi connectivity index (χ2n) is 2.84. The fourth-order valence-corrected chi connectivity index (χ4v) is 1.65. The summed E-state index contributed by atoms with van der Waals surface area (Å²) < 4.78 is 6.12. The maximum atomic E-state index is 11.0.